The van der Waals surface area contributed by atoms with Gasteiger partial charge in [0.2, 0.25) is 11.8 Å². The minimum atomic E-state index is 0. The number of carbonyl (C=O) groups excluding carboxylic acids is 1. The van der Waals surface area contributed by atoms with E-state index in [1.807, 2.05) is 44.2 Å². The van der Waals surface area contributed by atoms with E-state index in [1.165, 1.54) is 6.42 Å². The summed E-state index contributed by atoms with van der Waals surface area (Å²) in [6.45, 7) is 6.07. The Morgan fingerprint density at radius 3 is 2.78 bits per heavy atom. The summed E-state index contributed by atoms with van der Waals surface area (Å²) in [4.78, 5) is 16.4. The Morgan fingerprint density at radius 2 is 2.07 bits per heavy atom. The Balaban J connectivity index is 0.00000182. The highest BCUT2D eigenvalue weighted by atomic mass is 35.5. The number of anilines is 1. The van der Waals surface area contributed by atoms with Crippen LogP contribution in [0.2, 0.25) is 0 Å². The molecule has 0 saturated carbocycles. The van der Waals surface area contributed by atoms with Gasteiger partial charge in [-0.15, -0.1) is 24.8 Å². The molecule has 1 atom stereocenters. The van der Waals surface area contributed by atoms with Gasteiger partial charge in [-0.25, -0.2) is 4.98 Å². The van der Waals surface area contributed by atoms with Crippen LogP contribution in [0.3, 0.4) is 0 Å². The van der Waals surface area contributed by atoms with Crippen molar-refractivity contribution < 1.29 is 9.53 Å². The number of carbonyl (C=O) groups is 1. The van der Waals surface area contributed by atoms with Crippen LogP contribution in [0.5, 0.6) is 11.6 Å². The van der Waals surface area contributed by atoms with E-state index in [0.717, 1.165) is 36.3 Å². The first-order chi connectivity index (χ1) is 12.1. The zero-order chi connectivity index (χ0) is 17.6. The van der Waals surface area contributed by atoms with Gasteiger partial charge in [0.1, 0.15) is 5.75 Å². The highest BCUT2D eigenvalue weighted by Crippen LogP contribution is 2.27. The monoisotopic (exact) mass is 411 g/mol. The second kappa shape index (κ2) is 11.1. The molecule has 1 fully saturated rings. The summed E-state index contributed by atoms with van der Waals surface area (Å²) >= 11 is 0. The fourth-order valence-electron chi connectivity index (χ4n) is 2.98. The first-order valence-corrected chi connectivity index (χ1v) is 8.82. The smallest absolute Gasteiger partial charge is 0.224 e. The highest BCUT2D eigenvalue weighted by Gasteiger charge is 2.16. The summed E-state index contributed by atoms with van der Waals surface area (Å²) in [5.41, 5.74) is 2.84. The number of benzene rings is 1. The van der Waals surface area contributed by atoms with Gasteiger partial charge < -0.3 is 15.4 Å². The van der Waals surface area contributed by atoms with Crippen LogP contribution in [0.25, 0.3) is 0 Å². The van der Waals surface area contributed by atoms with Gasteiger partial charge in [-0.3, -0.25) is 4.79 Å². The molecule has 3 rings (SSSR count). The minimum absolute atomic E-state index is 0. The Kier molecular flexibility index (Phi) is 9.56. The first kappa shape index (κ1) is 23.2. The molecule has 2 aromatic rings. The number of ether oxygens (including phenoxy) is 1. The molecule has 2 N–H and O–H groups in total. The predicted molar refractivity (Wildman–Crippen MR) is 114 cm³/mol. The number of hydrogen-bond acceptors (Lipinski definition) is 4. The normalized spacial score (nSPS) is 15.4. The molecule has 2 heterocycles. The molecule has 5 nitrogen and oxygen atoms in total. The van der Waals surface area contributed by atoms with Gasteiger partial charge in [-0.1, -0.05) is 6.07 Å². The molecule has 1 aromatic heterocycles. The van der Waals surface area contributed by atoms with Crippen molar-refractivity contribution in [2.75, 3.05) is 18.4 Å². The van der Waals surface area contributed by atoms with Crippen molar-refractivity contribution in [3.63, 3.8) is 0 Å². The first-order valence-electron chi connectivity index (χ1n) is 8.82. The van der Waals surface area contributed by atoms with E-state index < -0.39 is 0 Å². The van der Waals surface area contributed by atoms with Crippen molar-refractivity contribution in [2.45, 2.75) is 33.1 Å². The average molecular weight is 412 g/mol. The lowest BCUT2D eigenvalue weighted by molar-refractivity contribution is -0.116. The lowest BCUT2D eigenvalue weighted by Gasteiger charge is -2.12. The fourth-order valence-corrected chi connectivity index (χ4v) is 2.98. The summed E-state index contributed by atoms with van der Waals surface area (Å²) < 4.78 is 5.88. The van der Waals surface area contributed by atoms with Crippen molar-refractivity contribution in [3.8, 4) is 11.6 Å². The van der Waals surface area contributed by atoms with E-state index in [9.17, 15) is 4.79 Å². The molecule has 148 valence electrons. The van der Waals surface area contributed by atoms with Crippen LogP contribution in [0.15, 0.2) is 36.5 Å². The molecule has 7 heteroatoms. The third-order valence-electron chi connectivity index (χ3n) is 4.52. The standard InChI is InChI=1S/C20H25N3O2.2ClH/c1-14-7-10-22-20(11-14)25-18-12-17(5-3-15(18)2)23-19(24)6-4-16-8-9-21-13-16;;/h3,5,7,10-12,16,21H,4,6,8-9,13H2,1-2H3,(H,23,24);2*1H. The van der Waals surface area contributed by atoms with Crippen molar-refractivity contribution in [2.24, 2.45) is 5.92 Å². The predicted octanol–water partition coefficient (Wildman–Crippen LogP) is 4.66. The number of aromatic nitrogens is 1. The lowest BCUT2D eigenvalue weighted by atomic mass is 10.0. The number of aryl methyl sites for hydroxylation is 2. The summed E-state index contributed by atoms with van der Waals surface area (Å²) in [6.07, 6.45) is 4.37. The number of amides is 1. The molecule has 27 heavy (non-hydrogen) atoms. The number of pyridine rings is 1. The van der Waals surface area contributed by atoms with Crippen molar-refractivity contribution in [3.05, 3.63) is 47.7 Å². The van der Waals surface area contributed by atoms with Gasteiger partial charge in [-0.05, 0) is 69.0 Å². The van der Waals surface area contributed by atoms with Gasteiger partial charge in [0, 0.05) is 30.4 Å². The molecule has 1 aliphatic rings. The molecule has 1 unspecified atom stereocenters. The molecule has 0 radical (unpaired) electrons. The molecule has 0 aliphatic carbocycles. The number of hydrogen-bond donors (Lipinski definition) is 2. The number of rotatable bonds is 6. The third kappa shape index (κ3) is 7.01. The second-order valence-electron chi connectivity index (χ2n) is 6.70. The summed E-state index contributed by atoms with van der Waals surface area (Å²) in [6, 6.07) is 9.52. The number of halogens is 2. The van der Waals surface area contributed by atoms with Crippen LogP contribution < -0.4 is 15.4 Å². The van der Waals surface area contributed by atoms with E-state index in [2.05, 4.69) is 15.6 Å². The molecule has 1 amide bonds. The van der Waals surface area contributed by atoms with Crippen molar-refractivity contribution in [1.29, 1.82) is 0 Å². The van der Waals surface area contributed by atoms with Gasteiger partial charge in [-0.2, -0.15) is 0 Å². The van der Waals surface area contributed by atoms with Crippen molar-refractivity contribution in [1.82, 2.24) is 10.3 Å². The molecule has 1 aliphatic heterocycles. The Labute approximate surface area is 173 Å². The zero-order valence-electron chi connectivity index (χ0n) is 15.7. The number of nitrogens with one attached hydrogen (secondary N) is 2. The quantitative estimate of drug-likeness (QED) is 0.724. The van der Waals surface area contributed by atoms with Gasteiger partial charge in [0.15, 0.2) is 0 Å². The lowest BCUT2D eigenvalue weighted by Crippen LogP contribution is -2.15. The van der Waals surface area contributed by atoms with Crippen LogP contribution in [0.4, 0.5) is 5.69 Å². The second-order valence-corrected chi connectivity index (χ2v) is 6.70. The number of nitrogens with zero attached hydrogens (tertiary/aromatic N) is 1. The SMILES string of the molecule is Cc1ccnc(Oc2cc(NC(=O)CCC3CCNC3)ccc2C)c1.Cl.Cl. The van der Waals surface area contributed by atoms with Gasteiger partial charge >= 0.3 is 0 Å². The fraction of sp³-hybridized carbons (Fsp3) is 0.400. The minimum Gasteiger partial charge on any atom is -0.439 e. The summed E-state index contributed by atoms with van der Waals surface area (Å²) in [5, 5.41) is 6.30. The summed E-state index contributed by atoms with van der Waals surface area (Å²) in [7, 11) is 0. The van der Waals surface area contributed by atoms with Gasteiger partial charge in [0.05, 0.1) is 0 Å². The summed E-state index contributed by atoms with van der Waals surface area (Å²) in [5.74, 6) is 1.93. The largest absolute Gasteiger partial charge is 0.439 e. The Bertz CT molecular complexity index is 750. The van der Waals surface area contributed by atoms with Crippen LogP contribution in [-0.2, 0) is 4.79 Å². The van der Waals surface area contributed by atoms with E-state index in [1.54, 1.807) is 6.20 Å². The van der Waals surface area contributed by atoms with Crippen LogP contribution in [-0.4, -0.2) is 24.0 Å². The maximum absolute atomic E-state index is 12.2. The highest BCUT2D eigenvalue weighted by molar-refractivity contribution is 5.91. The topological polar surface area (TPSA) is 63.2 Å². The van der Waals surface area contributed by atoms with E-state index in [0.29, 0.717) is 24.0 Å². The maximum atomic E-state index is 12.2. The van der Waals surface area contributed by atoms with E-state index in [-0.39, 0.29) is 30.7 Å². The van der Waals surface area contributed by atoms with Crippen LogP contribution >= 0.6 is 24.8 Å². The molecule has 0 spiro atoms. The molecular weight excluding hydrogens is 385 g/mol. The average Bonchev–Trinajstić information content (AvgIpc) is 3.10. The third-order valence-corrected chi connectivity index (χ3v) is 4.52. The van der Waals surface area contributed by atoms with Crippen LogP contribution in [0.1, 0.15) is 30.4 Å². The van der Waals surface area contributed by atoms with E-state index in [4.69, 9.17) is 4.74 Å². The Morgan fingerprint density at radius 1 is 1.26 bits per heavy atom. The van der Waals surface area contributed by atoms with Gasteiger partial charge in [0.25, 0.3) is 0 Å². The molecule has 0 bridgehead atoms. The molecular formula is C20H27Cl2N3O2. The molecule has 1 aromatic carbocycles. The van der Waals surface area contributed by atoms with E-state index >= 15 is 0 Å². The maximum Gasteiger partial charge on any atom is 0.224 e. The zero-order valence-corrected chi connectivity index (χ0v) is 17.3. The van der Waals surface area contributed by atoms with Crippen LogP contribution in [0, 0.1) is 19.8 Å². The van der Waals surface area contributed by atoms with Crippen molar-refractivity contribution >= 4 is 36.4 Å². The Hall–Kier alpha value is -1.82. The molecule has 1 saturated heterocycles.